The minimum absolute atomic E-state index is 0.0941. The monoisotopic (exact) mass is 269 g/mol. The van der Waals surface area contributed by atoms with Crippen molar-refractivity contribution in [3.8, 4) is 0 Å². The summed E-state index contributed by atoms with van der Waals surface area (Å²) in [6.07, 6.45) is 0.892. The van der Waals surface area contributed by atoms with Crippen molar-refractivity contribution in [1.82, 2.24) is 25.8 Å². The molecule has 1 rings (SSSR count). The molecule has 0 bridgehead atoms. The van der Waals surface area contributed by atoms with Gasteiger partial charge in [0.2, 0.25) is 11.7 Å². The number of aromatic nitrogens is 3. The van der Waals surface area contributed by atoms with Crippen LogP contribution in [0.5, 0.6) is 0 Å². The zero-order valence-electron chi connectivity index (χ0n) is 11.2. The van der Waals surface area contributed by atoms with Crippen LogP contribution in [0.3, 0.4) is 0 Å². The lowest BCUT2D eigenvalue weighted by atomic mass is 10.4. The zero-order chi connectivity index (χ0) is 14.1. The maximum Gasteiger partial charge on any atom is 0.290 e. The molecular weight excluding hydrogens is 250 g/mol. The molecule has 0 aliphatic rings. The lowest BCUT2D eigenvalue weighted by Crippen LogP contribution is -2.32. The highest BCUT2D eigenvalue weighted by Crippen LogP contribution is 1.93. The van der Waals surface area contributed by atoms with E-state index < -0.39 is 0 Å². The van der Waals surface area contributed by atoms with Gasteiger partial charge in [-0.1, -0.05) is 6.92 Å². The molecule has 0 saturated carbocycles. The summed E-state index contributed by atoms with van der Waals surface area (Å²) in [5.74, 6) is 0.223. The number of methoxy groups -OCH3 is 1. The van der Waals surface area contributed by atoms with E-state index in [2.05, 4.69) is 25.8 Å². The summed E-state index contributed by atoms with van der Waals surface area (Å²) in [5.41, 5.74) is 0. The Bertz CT molecular complexity index is 418. The molecule has 0 spiro atoms. The molecule has 0 saturated heterocycles. The SMILES string of the molecule is CCc1nc(C(=O)NCCC(=O)NCCOC)n[nH]1. The minimum Gasteiger partial charge on any atom is -0.383 e. The van der Waals surface area contributed by atoms with E-state index in [1.54, 1.807) is 7.11 Å². The second-order valence-corrected chi connectivity index (χ2v) is 3.81. The van der Waals surface area contributed by atoms with Crippen molar-refractivity contribution < 1.29 is 14.3 Å². The van der Waals surface area contributed by atoms with E-state index in [1.165, 1.54) is 0 Å². The molecule has 1 aromatic heterocycles. The van der Waals surface area contributed by atoms with Crippen LogP contribution < -0.4 is 10.6 Å². The number of H-pyrrole nitrogens is 1. The topological polar surface area (TPSA) is 109 Å². The van der Waals surface area contributed by atoms with Crippen LogP contribution in [0.1, 0.15) is 29.8 Å². The number of amides is 2. The van der Waals surface area contributed by atoms with Gasteiger partial charge in [0, 0.05) is 33.0 Å². The lowest BCUT2D eigenvalue weighted by Gasteiger charge is -2.04. The van der Waals surface area contributed by atoms with Crippen LogP contribution >= 0.6 is 0 Å². The molecule has 0 atom stereocenters. The number of rotatable bonds is 8. The van der Waals surface area contributed by atoms with Crippen LogP contribution in [0.4, 0.5) is 0 Å². The van der Waals surface area contributed by atoms with E-state index in [9.17, 15) is 9.59 Å². The van der Waals surface area contributed by atoms with Crippen LogP contribution in [0, 0.1) is 0 Å². The van der Waals surface area contributed by atoms with Crippen molar-refractivity contribution in [1.29, 1.82) is 0 Å². The van der Waals surface area contributed by atoms with Gasteiger partial charge >= 0.3 is 0 Å². The van der Waals surface area contributed by atoms with Gasteiger partial charge in [-0.3, -0.25) is 14.7 Å². The molecular formula is C11H19N5O3. The predicted octanol–water partition coefficient (Wildman–Crippen LogP) is -0.750. The Balaban J connectivity index is 2.21. The molecule has 1 aromatic rings. The maximum absolute atomic E-state index is 11.6. The fourth-order valence-electron chi connectivity index (χ4n) is 1.30. The predicted molar refractivity (Wildman–Crippen MR) is 67.6 cm³/mol. The van der Waals surface area contributed by atoms with Gasteiger partial charge in [0.05, 0.1) is 6.61 Å². The largest absolute Gasteiger partial charge is 0.383 e. The third-order valence-electron chi connectivity index (χ3n) is 2.34. The van der Waals surface area contributed by atoms with Gasteiger partial charge in [-0.05, 0) is 0 Å². The average molecular weight is 269 g/mol. The van der Waals surface area contributed by atoms with Crippen molar-refractivity contribution in [3.63, 3.8) is 0 Å². The zero-order valence-corrected chi connectivity index (χ0v) is 11.2. The summed E-state index contributed by atoms with van der Waals surface area (Å²) < 4.78 is 4.80. The molecule has 0 aliphatic heterocycles. The van der Waals surface area contributed by atoms with Crippen molar-refractivity contribution in [2.24, 2.45) is 0 Å². The first-order chi connectivity index (χ1) is 9.17. The Morgan fingerprint density at radius 3 is 2.74 bits per heavy atom. The third-order valence-corrected chi connectivity index (χ3v) is 2.34. The normalized spacial score (nSPS) is 10.2. The number of ether oxygens (including phenoxy) is 1. The Hall–Kier alpha value is -1.96. The molecule has 0 aliphatic carbocycles. The fourth-order valence-corrected chi connectivity index (χ4v) is 1.30. The maximum atomic E-state index is 11.6. The number of nitrogens with one attached hydrogen (secondary N) is 3. The van der Waals surface area contributed by atoms with Crippen molar-refractivity contribution in [3.05, 3.63) is 11.6 Å². The van der Waals surface area contributed by atoms with Crippen molar-refractivity contribution in [2.45, 2.75) is 19.8 Å². The van der Waals surface area contributed by atoms with Gasteiger partial charge in [0.25, 0.3) is 5.91 Å². The summed E-state index contributed by atoms with van der Waals surface area (Å²) in [4.78, 5) is 26.9. The lowest BCUT2D eigenvalue weighted by molar-refractivity contribution is -0.121. The summed E-state index contributed by atoms with van der Waals surface area (Å²) in [5, 5.41) is 11.7. The highest BCUT2D eigenvalue weighted by molar-refractivity contribution is 5.90. The summed E-state index contributed by atoms with van der Waals surface area (Å²) in [7, 11) is 1.56. The number of hydrogen-bond acceptors (Lipinski definition) is 5. The number of carbonyl (C=O) groups excluding carboxylic acids is 2. The van der Waals surface area contributed by atoms with Gasteiger partial charge in [0.1, 0.15) is 5.82 Å². The van der Waals surface area contributed by atoms with Crippen LogP contribution in [-0.4, -0.2) is 53.8 Å². The van der Waals surface area contributed by atoms with Crippen LogP contribution in [0.15, 0.2) is 0 Å². The summed E-state index contributed by atoms with van der Waals surface area (Å²) >= 11 is 0. The van der Waals surface area contributed by atoms with E-state index in [0.29, 0.717) is 25.4 Å². The molecule has 106 valence electrons. The Labute approximate surface area is 111 Å². The third kappa shape index (κ3) is 5.47. The van der Waals surface area contributed by atoms with E-state index >= 15 is 0 Å². The number of hydrogen-bond donors (Lipinski definition) is 3. The Kier molecular flexibility index (Phi) is 6.51. The number of nitrogens with zero attached hydrogens (tertiary/aromatic N) is 2. The van der Waals surface area contributed by atoms with Gasteiger partial charge < -0.3 is 15.4 Å². The van der Waals surface area contributed by atoms with Gasteiger partial charge in [-0.2, -0.15) is 0 Å². The minimum atomic E-state index is -0.388. The molecule has 0 fully saturated rings. The second kappa shape index (κ2) is 8.20. The van der Waals surface area contributed by atoms with Crippen molar-refractivity contribution in [2.75, 3.05) is 26.8 Å². The molecule has 19 heavy (non-hydrogen) atoms. The van der Waals surface area contributed by atoms with Crippen molar-refractivity contribution >= 4 is 11.8 Å². The van der Waals surface area contributed by atoms with E-state index in [0.717, 1.165) is 0 Å². The fraction of sp³-hybridized carbons (Fsp3) is 0.636. The van der Waals surface area contributed by atoms with E-state index in [1.807, 2.05) is 6.92 Å². The second-order valence-electron chi connectivity index (χ2n) is 3.81. The highest BCUT2D eigenvalue weighted by atomic mass is 16.5. The first-order valence-electron chi connectivity index (χ1n) is 6.12. The summed E-state index contributed by atoms with van der Waals surface area (Å²) in [6, 6.07) is 0. The van der Waals surface area contributed by atoms with Gasteiger partial charge in [-0.15, -0.1) is 5.10 Å². The first kappa shape index (κ1) is 15.1. The average Bonchev–Trinajstić information content (AvgIpc) is 2.87. The van der Waals surface area contributed by atoms with Crippen LogP contribution in [0.2, 0.25) is 0 Å². The molecule has 0 radical (unpaired) electrons. The van der Waals surface area contributed by atoms with Crippen LogP contribution in [0.25, 0.3) is 0 Å². The molecule has 8 nitrogen and oxygen atoms in total. The Morgan fingerprint density at radius 1 is 1.32 bits per heavy atom. The quantitative estimate of drug-likeness (QED) is 0.538. The van der Waals surface area contributed by atoms with E-state index in [-0.39, 0.29) is 30.6 Å². The number of aryl methyl sites for hydroxylation is 1. The molecule has 0 aromatic carbocycles. The first-order valence-corrected chi connectivity index (χ1v) is 6.12. The van der Waals surface area contributed by atoms with Crippen LogP contribution in [-0.2, 0) is 16.0 Å². The smallest absolute Gasteiger partial charge is 0.290 e. The molecule has 2 amide bonds. The van der Waals surface area contributed by atoms with Gasteiger partial charge in [0.15, 0.2) is 0 Å². The molecule has 8 heteroatoms. The molecule has 1 heterocycles. The molecule has 3 N–H and O–H groups in total. The number of aromatic amines is 1. The Morgan fingerprint density at radius 2 is 2.11 bits per heavy atom. The standard InChI is InChI=1S/C11H19N5O3/c1-3-8-14-10(16-15-8)11(18)13-5-4-9(17)12-6-7-19-2/h3-7H2,1-2H3,(H,12,17)(H,13,18)(H,14,15,16). The highest BCUT2D eigenvalue weighted by Gasteiger charge is 2.11. The number of carbonyl (C=O) groups is 2. The molecule has 0 unspecified atom stereocenters. The van der Waals surface area contributed by atoms with Gasteiger partial charge in [-0.25, -0.2) is 4.98 Å². The van der Waals surface area contributed by atoms with E-state index in [4.69, 9.17) is 4.74 Å². The summed E-state index contributed by atoms with van der Waals surface area (Å²) in [6.45, 7) is 3.08.